The van der Waals surface area contributed by atoms with Gasteiger partial charge < -0.3 is 10.0 Å². The minimum absolute atomic E-state index is 0.526. The van der Waals surface area contributed by atoms with E-state index in [-0.39, 0.29) is 0 Å². The van der Waals surface area contributed by atoms with Gasteiger partial charge in [-0.3, -0.25) is 4.98 Å². The maximum absolute atomic E-state index is 11.1. The Labute approximate surface area is 158 Å². The Kier molecular flexibility index (Phi) is 4.52. The Balaban J connectivity index is 1.89. The second-order valence-electron chi connectivity index (χ2n) is 6.17. The summed E-state index contributed by atoms with van der Waals surface area (Å²) in [6.45, 7) is 0. The molecule has 0 bridgehead atoms. The zero-order valence-electron chi connectivity index (χ0n) is 14.5. The number of rotatable bonds is 3. The molecule has 4 heteroatoms. The van der Waals surface area contributed by atoms with Gasteiger partial charge in [0.15, 0.2) is 6.23 Å². The summed E-state index contributed by atoms with van der Waals surface area (Å²) in [7, 11) is 0. The number of nitrogens with zero attached hydrogens (tertiary/aromatic N) is 3. The summed E-state index contributed by atoms with van der Waals surface area (Å²) in [4.78, 5) is 6.24. The third kappa shape index (κ3) is 3.24. The molecule has 0 amide bonds. The first-order chi connectivity index (χ1) is 13.3. The molecule has 4 rings (SSSR count). The third-order valence-electron chi connectivity index (χ3n) is 4.50. The number of hydrogen-bond acceptors (Lipinski definition) is 4. The lowest BCUT2D eigenvalue weighted by molar-refractivity contribution is 0.236. The van der Waals surface area contributed by atoms with Crippen LogP contribution in [-0.2, 0) is 0 Å². The monoisotopic (exact) mass is 351 g/mol. The van der Waals surface area contributed by atoms with Gasteiger partial charge in [0.25, 0.3) is 0 Å². The van der Waals surface area contributed by atoms with Crippen molar-refractivity contribution < 1.29 is 5.11 Å². The molecule has 2 aromatic carbocycles. The van der Waals surface area contributed by atoms with Gasteiger partial charge in [0, 0.05) is 29.2 Å². The minimum Gasteiger partial charge on any atom is -0.369 e. The van der Waals surface area contributed by atoms with Crippen LogP contribution < -0.4 is 4.90 Å². The molecule has 1 atom stereocenters. The Morgan fingerprint density at radius 3 is 2.41 bits per heavy atom. The number of anilines is 1. The smallest absolute Gasteiger partial charge is 0.157 e. The molecule has 3 aromatic rings. The molecule has 1 aliphatic rings. The van der Waals surface area contributed by atoms with Crippen LogP contribution in [0.4, 0.5) is 5.69 Å². The van der Waals surface area contributed by atoms with Gasteiger partial charge in [0.1, 0.15) is 0 Å². The lowest BCUT2D eigenvalue weighted by Gasteiger charge is -2.33. The fourth-order valence-electron chi connectivity index (χ4n) is 3.19. The summed E-state index contributed by atoms with van der Waals surface area (Å²) in [5.74, 6) is 0. The van der Waals surface area contributed by atoms with Gasteiger partial charge in [-0.15, -0.1) is 0 Å². The number of aliphatic hydroxyl groups is 1. The van der Waals surface area contributed by atoms with E-state index in [1.807, 2.05) is 79.0 Å². The van der Waals surface area contributed by atoms with Crippen molar-refractivity contribution in [1.82, 2.24) is 4.98 Å². The van der Waals surface area contributed by atoms with Crippen LogP contribution in [0.1, 0.15) is 16.8 Å². The van der Waals surface area contributed by atoms with Gasteiger partial charge in [-0.25, -0.2) is 0 Å². The number of aromatic nitrogens is 1. The van der Waals surface area contributed by atoms with E-state index in [1.54, 1.807) is 17.2 Å². The van der Waals surface area contributed by atoms with Crippen LogP contribution in [0.3, 0.4) is 0 Å². The van der Waals surface area contributed by atoms with Crippen LogP contribution in [0, 0.1) is 11.3 Å². The Hall–Kier alpha value is -3.68. The predicted octanol–water partition coefficient (Wildman–Crippen LogP) is 4.22. The van der Waals surface area contributed by atoms with Crippen molar-refractivity contribution in [2.24, 2.45) is 0 Å². The number of aliphatic hydroxyl groups excluding tert-OH is 1. The number of nitriles is 1. The summed E-state index contributed by atoms with van der Waals surface area (Å²) >= 11 is 0. The van der Waals surface area contributed by atoms with E-state index in [4.69, 9.17) is 0 Å². The van der Waals surface area contributed by atoms with Crippen molar-refractivity contribution in [3.8, 4) is 6.07 Å². The van der Waals surface area contributed by atoms with Crippen LogP contribution in [0.5, 0.6) is 0 Å². The molecule has 0 radical (unpaired) electrons. The number of para-hydroxylation sites is 1. The number of allylic oxidation sites excluding steroid dienone is 2. The highest BCUT2D eigenvalue weighted by Gasteiger charge is 2.27. The van der Waals surface area contributed by atoms with Gasteiger partial charge in [0.05, 0.1) is 17.3 Å². The molecule has 2 heterocycles. The van der Waals surface area contributed by atoms with E-state index < -0.39 is 6.23 Å². The molecule has 1 aliphatic heterocycles. The third-order valence-corrected chi connectivity index (χ3v) is 4.50. The Morgan fingerprint density at radius 1 is 0.926 bits per heavy atom. The van der Waals surface area contributed by atoms with Crippen LogP contribution in [0.25, 0.3) is 11.1 Å². The average Bonchev–Trinajstić information content (AvgIpc) is 2.75. The summed E-state index contributed by atoms with van der Waals surface area (Å²) in [6, 6.07) is 24.9. The normalized spacial score (nSPS) is 16.3. The van der Waals surface area contributed by atoms with Crippen LogP contribution >= 0.6 is 0 Å². The van der Waals surface area contributed by atoms with Crippen LogP contribution in [0.2, 0.25) is 0 Å². The molecule has 130 valence electrons. The highest BCUT2D eigenvalue weighted by molar-refractivity contribution is 5.90. The molecule has 1 aromatic heterocycles. The molecule has 1 N–H and O–H groups in total. The molecule has 0 spiro atoms. The maximum atomic E-state index is 11.1. The molecule has 0 fully saturated rings. The van der Waals surface area contributed by atoms with E-state index in [2.05, 4.69) is 11.1 Å². The molecule has 1 unspecified atom stereocenters. The highest BCUT2D eigenvalue weighted by Crippen LogP contribution is 2.35. The molecule has 27 heavy (non-hydrogen) atoms. The largest absolute Gasteiger partial charge is 0.369 e. The van der Waals surface area contributed by atoms with E-state index in [0.29, 0.717) is 11.1 Å². The summed E-state index contributed by atoms with van der Waals surface area (Å²) in [5, 5.41) is 20.6. The summed E-state index contributed by atoms with van der Waals surface area (Å²) in [5.41, 5.74) is 4.44. The second-order valence-corrected chi connectivity index (χ2v) is 6.17. The number of pyridine rings is 1. The standard InChI is InChI=1S/C23H17N3O/c24-15-17-8-4-5-11-20(17)21-14-18(22-12-6-7-13-25-22)16-26(23(21)27)19-9-2-1-3-10-19/h1-14,16,23,27H. The van der Waals surface area contributed by atoms with Crippen molar-refractivity contribution in [3.05, 3.63) is 108 Å². The van der Waals surface area contributed by atoms with Crippen molar-refractivity contribution in [2.75, 3.05) is 4.90 Å². The molecule has 0 saturated heterocycles. The molecular formula is C23H17N3O. The highest BCUT2D eigenvalue weighted by atomic mass is 16.3. The lowest BCUT2D eigenvalue weighted by Crippen LogP contribution is -2.34. The molecule has 4 nitrogen and oxygen atoms in total. The van der Waals surface area contributed by atoms with Crippen molar-refractivity contribution >= 4 is 16.8 Å². The van der Waals surface area contributed by atoms with Crippen molar-refractivity contribution in [3.63, 3.8) is 0 Å². The quantitative estimate of drug-likeness (QED) is 0.768. The van der Waals surface area contributed by atoms with Crippen molar-refractivity contribution in [1.29, 1.82) is 5.26 Å². The van der Waals surface area contributed by atoms with Gasteiger partial charge in [-0.2, -0.15) is 5.26 Å². The van der Waals surface area contributed by atoms with E-state index in [1.165, 1.54) is 0 Å². The second kappa shape index (κ2) is 7.28. The topological polar surface area (TPSA) is 60.2 Å². The van der Waals surface area contributed by atoms with Crippen LogP contribution in [0.15, 0.2) is 91.3 Å². The zero-order chi connectivity index (χ0) is 18.6. The molecule has 0 saturated carbocycles. The van der Waals surface area contributed by atoms with Gasteiger partial charge >= 0.3 is 0 Å². The number of hydrogen-bond donors (Lipinski definition) is 1. The van der Waals surface area contributed by atoms with Gasteiger partial charge in [-0.05, 0) is 42.0 Å². The van der Waals surface area contributed by atoms with E-state index in [0.717, 1.165) is 22.5 Å². The van der Waals surface area contributed by atoms with Crippen molar-refractivity contribution in [2.45, 2.75) is 6.23 Å². The molecule has 0 aliphatic carbocycles. The maximum Gasteiger partial charge on any atom is 0.157 e. The van der Waals surface area contributed by atoms with Gasteiger partial charge in [-0.1, -0.05) is 42.5 Å². The first-order valence-corrected chi connectivity index (χ1v) is 8.64. The fourth-order valence-corrected chi connectivity index (χ4v) is 3.19. The Morgan fingerprint density at radius 2 is 1.67 bits per heavy atom. The average molecular weight is 351 g/mol. The predicted molar refractivity (Wildman–Crippen MR) is 106 cm³/mol. The summed E-state index contributed by atoms with van der Waals surface area (Å²) < 4.78 is 0. The van der Waals surface area contributed by atoms with E-state index in [9.17, 15) is 10.4 Å². The van der Waals surface area contributed by atoms with Gasteiger partial charge in [0.2, 0.25) is 0 Å². The first kappa shape index (κ1) is 16.8. The minimum atomic E-state index is -0.908. The van der Waals surface area contributed by atoms with Crippen LogP contribution in [-0.4, -0.2) is 16.3 Å². The fraction of sp³-hybridized carbons (Fsp3) is 0.0435. The zero-order valence-corrected chi connectivity index (χ0v) is 14.5. The SMILES string of the molecule is N#Cc1ccccc1C1=CC(c2ccccn2)=CN(c2ccccc2)C1O. The summed E-state index contributed by atoms with van der Waals surface area (Å²) in [6.07, 6.45) is 4.63. The molecular weight excluding hydrogens is 334 g/mol. The first-order valence-electron chi connectivity index (χ1n) is 8.64. The number of benzene rings is 2. The lowest BCUT2D eigenvalue weighted by atomic mass is 9.93. The van der Waals surface area contributed by atoms with E-state index >= 15 is 0 Å². The Bertz CT molecular complexity index is 1050.